The maximum atomic E-state index is 14.0. The molecule has 3 fully saturated rings. The van der Waals surface area contributed by atoms with E-state index in [1.165, 1.54) is 6.07 Å². The number of hydrogen-bond donors (Lipinski definition) is 8. The predicted octanol–water partition coefficient (Wildman–Crippen LogP) is 10.1. The van der Waals surface area contributed by atoms with Crippen molar-refractivity contribution in [3.8, 4) is 33.9 Å². The molecule has 532 valence electrons. The monoisotopic (exact) mass is 1410 g/mol. The maximum absolute atomic E-state index is 14.0. The Morgan fingerprint density at radius 3 is 1.58 bits per heavy atom. The third kappa shape index (κ3) is 13.4. The first-order valence-corrected chi connectivity index (χ1v) is 35.3. The number of aryl methyl sites for hydroxylation is 1. The number of ketones is 1. The molecule has 16 heterocycles. The van der Waals surface area contributed by atoms with Gasteiger partial charge in [-0.15, -0.1) is 0 Å². The molecule has 0 atom stereocenters. The van der Waals surface area contributed by atoms with Crippen LogP contribution in [0.25, 0.3) is 50.8 Å². The van der Waals surface area contributed by atoms with E-state index in [1.807, 2.05) is 124 Å². The average Bonchev–Trinajstić information content (AvgIpc) is 1.62. The highest BCUT2D eigenvalue weighted by Crippen LogP contribution is 2.40. The number of Topliss-reactive ketones (excluding diaryl/α,β-unsaturated/α-hetero) is 1. The van der Waals surface area contributed by atoms with Crippen molar-refractivity contribution in [2.45, 2.75) is 84.2 Å². The molecule has 27 nitrogen and oxygen atoms in total. The summed E-state index contributed by atoms with van der Waals surface area (Å²) in [5.41, 5.74) is 17.6. The Bertz CT molecular complexity index is 5310. The van der Waals surface area contributed by atoms with E-state index in [4.69, 9.17) is 4.74 Å². The van der Waals surface area contributed by atoms with Gasteiger partial charge in [-0.3, -0.25) is 42.3 Å². The van der Waals surface area contributed by atoms with Gasteiger partial charge in [0.1, 0.15) is 34.6 Å². The number of ether oxygens (including phenoxy) is 1. The number of carbonyl (C=O) groups excluding carboxylic acids is 4. The quantitative estimate of drug-likeness (QED) is 0.0442. The zero-order valence-corrected chi connectivity index (χ0v) is 57.7. The van der Waals surface area contributed by atoms with Gasteiger partial charge in [0.05, 0.1) is 149 Å². The Hall–Kier alpha value is -12.3. The standard InChI is InChI=1S/C28H28N6O3.C26H25FN6O2.C23H22N8O2/c1-2-3-24(35)18-8-9-34-23(17-30-26(34)14-18)20-5-6-22(27-21(20)16-31-28(27)36)32-25-7-4-19(15-29-25)33-10-12-37-13-11-33;1-15-20(27)8-11-33-22(14-29-25(15)33)18-3-4-21(24-19(18)13-30-26(24)35)31-23-5-2-16(12-28-23)32-9-6-17(34)7-10-32;32-15-3-6-30(7-4-15)14-1-2-19(25-9-14)29-17-11-27-22(16-10-28-23(33)21(16)17)18-12-26-20-13-24-5-8-31(18)20/h4-9,14-15,17H,2-3,10-13,16H2,1H3,(H,29,32)(H,31,36);2-5,8,11-12,14,17,34H,6-7,9-10,13H2,1H3,(H,28,31)(H,30,35);1-2,5,8-9,11-13,15,32H,3-4,6-7,10H2,(H,25,29)(H,28,33). The molecule has 0 radical (unpaired) electrons. The molecule has 8 N–H and O–H groups in total. The summed E-state index contributed by atoms with van der Waals surface area (Å²) >= 11 is 0. The van der Waals surface area contributed by atoms with Crippen LogP contribution in [0.2, 0.25) is 0 Å². The maximum Gasteiger partial charge on any atom is 0.254 e. The largest absolute Gasteiger partial charge is 0.393 e. The number of aliphatic hydroxyl groups excluding tert-OH is 2. The van der Waals surface area contributed by atoms with Crippen molar-refractivity contribution in [2.24, 2.45) is 0 Å². The number of rotatable bonds is 15. The topological polar surface area (TPSA) is 316 Å². The molecule has 3 amide bonds. The van der Waals surface area contributed by atoms with Crippen LogP contribution in [0.5, 0.6) is 0 Å². The van der Waals surface area contributed by atoms with Crippen molar-refractivity contribution >= 4 is 92.0 Å². The third-order valence-corrected chi connectivity index (χ3v) is 20.1. The lowest BCUT2D eigenvalue weighted by Gasteiger charge is -2.31. The summed E-state index contributed by atoms with van der Waals surface area (Å²) in [6.45, 7) is 11.3. The van der Waals surface area contributed by atoms with Crippen molar-refractivity contribution in [2.75, 3.05) is 83.1 Å². The van der Waals surface area contributed by atoms with Crippen LogP contribution in [-0.4, -0.2) is 151 Å². The number of anilines is 9. The van der Waals surface area contributed by atoms with E-state index in [0.29, 0.717) is 105 Å². The Kier molecular flexibility index (Phi) is 18.5. The lowest BCUT2D eigenvalue weighted by atomic mass is 9.99. The number of piperidine rings is 2. The van der Waals surface area contributed by atoms with E-state index in [1.54, 1.807) is 50.3 Å². The first kappa shape index (κ1) is 67.2. The fourth-order valence-corrected chi connectivity index (χ4v) is 14.5. The number of morpholine rings is 1. The molecular weight excluding hydrogens is 1340 g/mol. The molecule has 105 heavy (non-hydrogen) atoms. The van der Waals surface area contributed by atoms with Crippen LogP contribution >= 0.6 is 0 Å². The highest BCUT2D eigenvalue weighted by molar-refractivity contribution is 6.08. The van der Waals surface area contributed by atoms with E-state index in [-0.39, 0.29) is 41.5 Å². The van der Waals surface area contributed by atoms with E-state index in [2.05, 4.69) is 86.5 Å². The lowest BCUT2D eigenvalue weighted by Crippen LogP contribution is -2.36. The molecule has 0 aliphatic carbocycles. The number of carbonyl (C=O) groups is 4. The zero-order valence-electron chi connectivity index (χ0n) is 57.7. The Morgan fingerprint density at radius 2 is 1.02 bits per heavy atom. The van der Waals surface area contributed by atoms with Crippen molar-refractivity contribution in [3.05, 3.63) is 204 Å². The van der Waals surface area contributed by atoms with Gasteiger partial charge in [-0.2, -0.15) is 0 Å². The van der Waals surface area contributed by atoms with Crippen molar-refractivity contribution in [1.82, 2.24) is 69.0 Å². The second kappa shape index (κ2) is 28.9. The number of aromatic nitrogens is 11. The molecule has 12 aromatic rings. The first-order chi connectivity index (χ1) is 51.3. The van der Waals surface area contributed by atoms with Crippen LogP contribution in [0.3, 0.4) is 0 Å². The van der Waals surface area contributed by atoms with E-state index in [9.17, 15) is 33.8 Å². The van der Waals surface area contributed by atoms with Crippen molar-refractivity contribution in [1.29, 1.82) is 0 Å². The average molecular weight is 1410 g/mol. The summed E-state index contributed by atoms with van der Waals surface area (Å²) in [5.74, 6) is 1.35. The van der Waals surface area contributed by atoms with Crippen LogP contribution < -0.4 is 46.6 Å². The number of nitrogens with zero attached hydrogens (tertiary/aromatic N) is 14. The number of amides is 3. The van der Waals surface area contributed by atoms with Crippen molar-refractivity contribution in [3.63, 3.8) is 0 Å². The minimum absolute atomic E-state index is 0.118. The van der Waals surface area contributed by atoms with Crippen LogP contribution in [0.1, 0.15) is 109 Å². The predicted molar refractivity (Wildman–Crippen MR) is 395 cm³/mol. The number of benzene rings is 2. The number of fused-ring (bicyclic) bond motifs is 6. The van der Waals surface area contributed by atoms with Gasteiger partial charge in [-0.05, 0) is 117 Å². The fourth-order valence-electron chi connectivity index (χ4n) is 14.5. The zero-order chi connectivity index (χ0) is 71.8. The van der Waals surface area contributed by atoms with Crippen LogP contribution in [0, 0.1) is 12.7 Å². The van der Waals surface area contributed by atoms with Gasteiger partial charge < -0.3 is 61.6 Å². The summed E-state index contributed by atoms with van der Waals surface area (Å²) in [4.78, 5) is 93.1. The summed E-state index contributed by atoms with van der Waals surface area (Å²) in [6, 6.07) is 24.6. The molecule has 10 aromatic heterocycles. The van der Waals surface area contributed by atoms with Crippen LogP contribution in [0.4, 0.5) is 56.0 Å². The summed E-state index contributed by atoms with van der Waals surface area (Å²) in [5, 5.41) is 38.1. The van der Waals surface area contributed by atoms with Crippen LogP contribution in [-0.2, 0) is 24.4 Å². The molecule has 6 aliphatic heterocycles. The molecule has 28 heteroatoms. The van der Waals surface area contributed by atoms with Gasteiger partial charge in [0, 0.05) is 118 Å². The SMILES string of the molecule is CCCC(=O)c1ccn2c(-c3ccc(Nc4ccc(N5CCOCC5)cn4)c4c3CNC4=O)cnc2c1.Cc1c(F)ccn2c(-c3ccc(Nc4ccc(N5CCC(O)CC5)cn4)c4c3CNC4=O)cnc12.O=C1NCc2c(-c3cnc4cnccn34)ncc(Nc3ccc(N4CCC(O)CC4)cn3)c21. The highest BCUT2D eigenvalue weighted by Gasteiger charge is 2.32. The summed E-state index contributed by atoms with van der Waals surface area (Å²) in [7, 11) is 0. The molecule has 0 spiro atoms. The minimum atomic E-state index is -0.298. The number of nitrogens with one attached hydrogen (secondary N) is 6. The van der Waals surface area contributed by atoms with Crippen LogP contribution in [0.15, 0.2) is 153 Å². The molecule has 0 bridgehead atoms. The van der Waals surface area contributed by atoms with Gasteiger partial charge in [0.25, 0.3) is 17.7 Å². The number of pyridine rings is 6. The van der Waals surface area contributed by atoms with E-state index >= 15 is 0 Å². The number of halogens is 1. The Balaban J connectivity index is 0.000000121. The second-order valence-electron chi connectivity index (χ2n) is 26.6. The summed E-state index contributed by atoms with van der Waals surface area (Å²) in [6.07, 6.45) is 25.1. The highest BCUT2D eigenvalue weighted by atomic mass is 19.1. The van der Waals surface area contributed by atoms with Gasteiger partial charge in [0.2, 0.25) is 0 Å². The molecule has 3 saturated heterocycles. The van der Waals surface area contributed by atoms with Gasteiger partial charge >= 0.3 is 0 Å². The van der Waals surface area contributed by atoms with E-state index < -0.39 is 0 Å². The third-order valence-electron chi connectivity index (χ3n) is 20.1. The molecule has 0 unspecified atom stereocenters. The lowest BCUT2D eigenvalue weighted by molar-refractivity contribution is 0.0958. The number of hydrogen-bond acceptors (Lipinski definition) is 21. The minimum Gasteiger partial charge on any atom is -0.393 e. The first-order valence-electron chi connectivity index (χ1n) is 35.3. The second-order valence-corrected chi connectivity index (χ2v) is 26.6. The number of imidazole rings is 3. The molecule has 18 rings (SSSR count). The molecular formula is C77H75FN20O7. The van der Waals surface area contributed by atoms with Gasteiger partial charge in [-0.25, -0.2) is 34.3 Å². The van der Waals surface area contributed by atoms with Gasteiger partial charge in [-0.1, -0.05) is 19.1 Å². The Morgan fingerprint density at radius 1 is 0.524 bits per heavy atom. The van der Waals surface area contributed by atoms with E-state index in [0.717, 1.165) is 152 Å². The molecule has 0 saturated carbocycles. The normalized spacial score (nSPS) is 15.7. The summed E-state index contributed by atoms with van der Waals surface area (Å²) < 4.78 is 25.1. The fraction of sp³-hybridized carbons (Fsp3) is 0.273. The molecule has 6 aliphatic rings. The Labute approximate surface area is 601 Å². The molecule has 2 aromatic carbocycles. The number of aliphatic hydroxyl groups is 2. The van der Waals surface area contributed by atoms with Gasteiger partial charge in [0.15, 0.2) is 11.4 Å². The van der Waals surface area contributed by atoms with Crippen molar-refractivity contribution < 1.29 is 38.5 Å². The smallest absolute Gasteiger partial charge is 0.254 e.